The number of anilines is 1. The zero-order valence-corrected chi connectivity index (χ0v) is 12.8. The van der Waals surface area contributed by atoms with Crippen molar-refractivity contribution in [3.05, 3.63) is 29.3 Å². The lowest BCUT2D eigenvalue weighted by Crippen LogP contribution is -2.38. The lowest BCUT2D eigenvalue weighted by Gasteiger charge is -2.31. The predicted molar refractivity (Wildman–Crippen MR) is 82.1 cm³/mol. The van der Waals surface area contributed by atoms with Crippen LogP contribution in [0.2, 0.25) is 0 Å². The van der Waals surface area contributed by atoms with Gasteiger partial charge in [-0.2, -0.15) is 5.26 Å². The molecular weight excluding hydrogens is 266 g/mol. The SMILES string of the molecule is CC(O)c1ccc(C#N)cc1N1CC(O)CC1CN(C)C. The van der Waals surface area contributed by atoms with Crippen LogP contribution in [0, 0.1) is 11.3 Å². The maximum atomic E-state index is 10.0. The summed E-state index contributed by atoms with van der Waals surface area (Å²) in [6, 6.07) is 7.66. The van der Waals surface area contributed by atoms with Crippen molar-refractivity contribution in [2.45, 2.75) is 31.6 Å². The summed E-state index contributed by atoms with van der Waals surface area (Å²) in [6.07, 6.45) is -0.276. The van der Waals surface area contributed by atoms with E-state index in [2.05, 4.69) is 15.9 Å². The minimum Gasteiger partial charge on any atom is -0.391 e. The summed E-state index contributed by atoms with van der Waals surface area (Å²) >= 11 is 0. The summed E-state index contributed by atoms with van der Waals surface area (Å²) in [5.41, 5.74) is 2.22. The average Bonchev–Trinajstić information content (AvgIpc) is 2.77. The van der Waals surface area contributed by atoms with Gasteiger partial charge in [0, 0.05) is 30.4 Å². The van der Waals surface area contributed by atoms with Crippen molar-refractivity contribution in [1.82, 2.24) is 4.90 Å². The normalized spacial score (nSPS) is 23.4. The van der Waals surface area contributed by atoms with Crippen LogP contribution in [0.4, 0.5) is 5.69 Å². The molecule has 1 aromatic carbocycles. The number of β-amino-alcohol motifs (C(OH)–C–C–N with tert-alkyl or cyclic N) is 1. The van der Waals surface area contributed by atoms with Crippen LogP contribution in [-0.4, -0.2) is 54.4 Å². The number of nitriles is 1. The molecule has 1 aromatic rings. The van der Waals surface area contributed by atoms with Crippen molar-refractivity contribution in [3.63, 3.8) is 0 Å². The van der Waals surface area contributed by atoms with Gasteiger partial charge in [0.05, 0.1) is 23.8 Å². The Hall–Kier alpha value is -1.61. The highest BCUT2D eigenvalue weighted by Gasteiger charge is 2.33. The topological polar surface area (TPSA) is 70.7 Å². The standard InChI is InChI=1S/C16H23N3O2/c1-11(20)15-5-4-12(8-17)6-16(15)19-10-14(21)7-13(19)9-18(2)3/h4-6,11,13-14,20-21H,7,9-10H2,1-3H3. The van der Waals surface area contributed by atoms with Gasteiger partial charge < -0.3 is 20.0 Å². The molecule has 5 nitrogen and oxygen atoms in total. The molecule has 1 aliphatic rings. The molecule has 1 heterocycles. The lowest BCUT2D eigenvalue weighted by molar-refractivity contribution is 0.191. The molecule has 5 heteroatoms. The molecule has 0 aliphatic carbocycles. The Morgan fingerprint density at radius 3 is 2.76 bits per heavy atom. The Bertz CT molecular complexity index is 537. The van der Waals surface area contributed by atoms with E-state index in [0.29, 0.717) is 18.5 Å². The molecule has 0 bridgehead atoms. The van der Waals surface area contributed by atoms with Crippen LogP contribution in [0.25, 0.3) is 0 Å². The van der Waals surface area contributed by atoms with E-state index in [-0.39, 0.29) is 12.1 Å². The highest BCUT2D eigenvalue weighted by Crippen LogP contribution is 2.33. The number of benzene rings is 1. The molecule has 2 N–H and O–H groups in total. The van der Waals surface area contributed by atoms with E-state index in [0.717, 1.165) is 17.8 Å². The molecule has 21 heavy (non-hydrogen) atoms. The van der Waals surface area contributed by atoms with Gasteiger partial charge in [-0.3, -0.25) is 0 Å². The second kappa shape index (κ2) is 6.44. The fourth-order valence-corrected chi connectivity index (χ4v) is 3.00. The molecule has 1 fully saturated rings. The number of nitrogens with zero attached hydrogens (tertiary/aromatic N) is 3. The zero-order valence-electron chi connectivity index (χ0n) is 12.8. The van der Waals surface area contributed by atoms with E-state index in [9.17, 15) is 10.2 Å². The lowest BCUT2D eigenvalue weighted by atomic mass is 10.0. The Balaban J connectivity index is 2.40. The highest BCUT2D eigenvalue weighted by atomic mass is 16.3. The van der Waals surface area contributed by atoms with Gasteiger partial charge in [0.2, 0.25) is 0 Å². The van der Waals surface area contributed by atoms with Crippen molar-refractivity contribution in [1.29, 1.82) is 5.26 Å². The first kappa shape index (κ1) is 15.8. The predicted octanol–water partition coefficient (Wildman–Crippen LogP) is 1.11. The fraction of sp³-hybridized carbons (Fsp3) is 0.562. The first-order valence-corrected chi connectivity index (χ1v) is 7.24. The first-order valence-electron chi connectivity index (χ1n) is 7.24. The van der Waals surface area contributed by atoms with Crippen molar-refractivity contribution in [2.75, 3.05) is 32.1 Å². The van der Waals surface area contributed by atoms with Crippen LogP contribution >= 0.6 is 0 Å². The Labute approximate surface area is 126 Å². The summed E-state index contributed by atoms with van der Waals surface area (Å²) in [5.74, 6) is 0. The van der Waals surface area contributed by atoms with Gasteiger partial charge in [-0.05, 0) is 39.6 Å². The van der Waals surface area contributed by atoms with Gasteiger partial charge in [0.25, 0.3) is 0 Å². The van der Waals surface area contributed by atoms with Gasteiger partial charge in [0.1, 0.15) is 0 Å². The Morgan fingerprint density at radius 1 is 1.48 bits per heavy atom. The summed E-state index contributed by atoms with van der Waals surface area (Å²) < 4.78 is 0. The third-order valence-electron chi connectivity index (χ3n) is 3.89. The Morgan fingerprint density at radius 2 is 2.19 bits per heavy atom. The minimum atomic E-state index is -0.606. The van der Waals surface area contributed by atoms with Crippen LogP contribution in [0.1, 0.15) is 30.6 Å². The summed E-state index contributed by atoms with van der Waals surface area (Å²) in [7, 11) is 4.01. The molecular formula is C16H23N3O2. The molecule has 3 unspecified atom stereocenters. The monoisotopic (exact) mass is 289 g/mol. The number of aliphatic hydroxyl groups excluding tert-OH is 2. The molecule has 0 radical (unpaired) electrons. The summed E-state index contributed by atoms with van der Waals surface area (Å²) in [5, 5.41) is 29.1. The van der Waals surface area contributed by atoms with Gasteiger partial charge >= 0.3 is 0 Å². The zero-order chi connectivity index (χ0) is 15.6. The van der Waals surface area contributed by atoms with Gasteiger partial charge in [-0.1, -0.05) is 6.07 Å². The number of hydrogen-bond acceptors (Lipinski definition) is 5. The highest BCUT2D eigenvalue weighted by molar-refractivity contribution is 5.60. The van der Waals surface area contributed by atoms with Crippen LogP contribution in [0.15, 0.2) is 18.2 Å². The van der Waals surface area contributed by atoms with Crippen molar-refractivity contribution in [2.24, 2.45) is 0 Å². The van der Waals surface area contributed by atoms with E-state index in [1.807, 2.05) is 20.2 Å². The van der Waals surface area contributed by atoms with Crippen molar-refractivity contribution < 1.29 is 10.2 Å². The molecule has 1 aliphatic heterocycles. The summed E-state index contributed by atoms with van der Waals surface area (Å²) in [4.78, 5) is 4.21. The van der Waals surface area contributed by atoms with E-state index in [1.54, 1.807) is 19.1 Å². The summed E-state index contributed by atoms with van der Waals surface area (Å²) in [6.45, 7) is 3.08. The van der Waals surface area contributed by atoms with E-state index < -0.39 is 6.10 Å². The number of rotatable bonds is 4. The second-order valence-corrected chi connectivity index (χ2v) is 6.02. The van der Waals surface area contributed by atoms with Crippen molar-refractivity contribution in [3.8, 4) is 6.07 Å². The molecule has 2 rings (SSSR count). The van der Waals surface area contributed by atoms with Crippen LogP contribution in [0.3, 0.4) is 0 Å². The average molecular weight is 289 g/mol. The van der Waals surface area contributed by atoms with Crippen LogP contribution in [-0.2, 0) is 0 Å². The smallest absolute Gasteiger partial charge is 0.0992 e. The quantitative estimate of drug-likeness (QED) is 0.869. The van der Waals surface area contributed by atoms with Crippen molar-refractivity contribution >= 4 is 5.69 Å². The van der Waals surface area contributed by atoms with Crippen LogP contribution < -0.4 is 4.90 Å². The maximum absolute atomic E-state index is 10.0. The molecule has 3 atom stereocenters. The molecule has 0 saturated carbocycles. The largest absolute Gasteiger partial charge is 0.391 e. The maximum Gasteiger partial charge on any atom is 0.0992 e. The molecule has 0 aromatic heterocycles. The third-order valence-corrected chi connectivity index (χ3v) is 3.89. The minimum absolute atomic E-state index is 0.182. The Kier molecular flexibility index (Phi) is 4.84. The molecule has 1 saturated heterocycles. The van der Waals surface area contributed by atoms with Gasteiger partial charge in [-0.15, -0.1) is 0 Å². The van der Waals surface area contributed by atoms with E-state index in [1.165, 1.54) is 0 Å². The van der Waals surface area contributed by atoms with Gasteiger partial charge in [0.15, 0.2) is 0 Å². The molecule has 114 valence electrons. The third kappa shape index (κ3) is 3.53. The van der Waals surface area contributed by atoms with E-state index in [4.69, 9.17) is 5.26 Å². The van der Waals surface area contributed by atoms with Gasteiger partial charge in [-0.25, -0.2) is 0 Å². The molecule has 0 amide bonds. The number of hydrogen-bond donors (Lipinski definition) is 2. The van der Waals surface area contributed by atoms with E-state index >= 15 is 0 Å². The number of aliphatic hydroxyl groups is 2. The second-order valence-electron chi connectivity index (χ2n) is 6.02. The molecule has 0 spiro atoms. The first-order chi connectivity index (χ1) is 9.92. The number of likely N-dealkylation sites (N-methyl/N-ethyl adjacent to an activating group) is 1. The fourth-order valence-electron chi connectivity index (χ4n) is 3.00. The van der Waals surface area contributed by atoms with Crippen LogP contribution in [0.5, 0.6) is 0 Å².